The predicted octanol–water partition coefficient (Wildman–Crippen LogP) is 1.88. The summed E-state index contributed by atoms with van der Waals surface area (Å²) < 4.78 is 9.90. The number of furan rings is 1. The van der Waals surface area contributed by atoms with Gasteiger partial charge in [-0.3, -0.25) is 9.78 Å². The molecule has 8 nitrogen and oxygen atoms in total. The Morgan fingerprint density at radius 1 is 1.25 bits per heavy atom. The van der Waals surface area contributed by atoms with E-state index in [0.717, 1.165) is 0 Å². The van der Waals surface area contributed by atoms with Crippen LogP contribution in [0.2, 0.25) is 0 Å². The van der Waals surface area contributed by atoms with Gasteiger partial charge in [-0.2, -0.15) is 0 Å². The fraction of sp³-hybridized carbons (Fsp3) is 0.125. The van der Waals surface area contributed by atoms with Crippen LogP contribution in [-0.4, -0.2) is 28.3 Å². The van der Waals surface area contributed by atoms with Crippen molar-refractivity contribution in [3.8, 4) is 0 Å². The van der Waals surface area contributed by atoms with Crippen LogP contribution >= 0.6 is 0 Å². The van der Waals surface area contributed by atoms with Crippen molar-refractivity contribution in [3.63, 3.8) is 0 Å². The van der Waals surface area contributed by atoms with Gasteiger partial charge in [-0.15, -0.1) is 10.2 Å². The smallest absolute Gasteiger partial charge is 0.339 e. The molecule has 0 saturated carbocycles. The lowest BCUT2D eigenvalue weighted by Gasteiger charge is -2.09. The fourth-order valence-corrected chi connectivity index (χ4v) is 2.12. The van der Waals surface area contributed by atoms with E-state index in [-0.39, 0.29) is 23.6 Å². The van der Waals surface area contributed by atoms with E-state index in [9.17, 15) is 9.59 Å². The van der Waals surface area contributed by atoms with E-state index in [4.69, 9.17) is 9.15 Å². The maximum atomic E-state index is 12.1. The largest absolute Gasteiger partial charge is 0.469 e. The molecule has 2 heterocycles. The number of aromatic amines is 1. The van der Waals surface area contributed by atoms with Gasteiger partial charge in [0.1, 0.15) is 11.5 Å². The van der Waals surface area contributed by atoms with Crippen molar-refractivity contribution in [1.29, 1.82) is 0 Å². The summed E-state index contributed by atoms with van der Waals surface area (Å²) in [7, 11) is 1.30. The SMILES string of the molecule is COC(=O)c1ccccc1Nc1nnc(Cc2ccco2)c(=O)[nH]1. The molecule has 0 saturated heterocycles. The third-order valence-electron chi connectivity index (χ3n) is 3.27. The highest BCUT2D eigenvalue weighted by Crippen LogP contribution is 2.18. The number of benzene rings is 1. The highest BCUT2D eigenvalue weighted by atomic mass is 16.5. The molecule has 3 rings (SSSR count). The lowest BCUT2D eigenvalue weighted by atomic mass is 10.2. The van der Waals surface area contributed by atoms with Crippen LogP contribution < -0.4 is 10.9 Å². The van der Waals surface area contributed by atoms with Crippen LogP contribution in [0.25, 0.3) is 0 Å². The predicted molar refractivity (Wildman–Crippen MR) is 85.2 cm³/mol. The van der Waals surface area contributed by atoms with Gasteiger partial charge < -0.3 is 14.5 Å². The Morgan fingerprint density at radius 2 is 2.08 bits per heavy atom. The van der Waals surface area contributed by atoms with Gasteiger partial charge in [-0.25, -0.2) is 4.79 Å². The van der Waals surface area contributed by atoms with Crippen molar-refractivity contribution in [3.05, 3.63) is 70.0 Å². The standard InChI is InChI=1S/C16H14N4O4/c1-23-15(22)11-6-2-3-7-12(11)17-16-18-14(21)13(19-20-16)9-10-5-4-8-24-10/h2-8H,9H2,1H3,(H2,17,18,20,21). The minimum atomic E-state index is -0.497. The van der Waals surface area contributed by atoms with E-state index in [0.29, 0.717) is 17.0 Å². The van der Waals surface area contributed by atoms with Crippen molar-refractivity contribution in [2.24, 2.45) is 0 Å². The zero-order valence-electron chi connectivity index (χ0n) is 12.8. The van der Waals surface area contributed by atoms with Crippen LogP contribution in [0.1, 0.15) is 21.8 Å². The second-order valence-corrected chi connectivity index (χ2v) is 4.87. The first-order valence-corrected chi connectivity index (χ1v) is 7.10. The van der Waals surface area contributed by atoms with Gasteiger partial charge in [0.25, 0.3) is 5.56 Å². The summed E-state index contributed by atoms with van der Waals surface area (Å²) >= 11 is 0. The van der Waals surface area contributed by atoms with Crippen LogP contribution in [0.5, 0.6) is 0 Å². The van der Waals surface area contributed by atoms with Crippen molar-refractivity contribution < 1.29 is 13.9 Å². The minimum absolute atomic E-state index is 0.125. The molecule has 0 spiro atoms. The molecule has 0 aliphatic carbocycles. The molecule has 0 aliphatic heterocycles. The zero-order valence-corrected chi connectivity index (χ0v) is 12.8. The molecule has 0 bridgehead atoms. The number of esters is 1. The van der Waals surface area contributed by atoms with Crippen molar-refractivity contribution in [1.82, 2.24) is 15.2 Å². The number of carbonyl (C=O) groups is 1. The number of nitrogens with one attached hydrogen (secondary N) is 2. The molecule has 122 valence electrons. The number of carbonyl (C=O) groups excluding carboxylic acids is 1. The van der Waals surface area contributed by atoms with Gasteiger partial charge in [-0.05, 0) is 24.3 Å². The van der Waals surface area contributed by atoms with Crippen molar-refractivity contribution in [2.45, 2.75) is 6.42 Å². The maximum Gasteiger partial charge on any atom is 0.339 e. The molecule has 0 radical (unpaired) electrons. The molecule has 0 aliphatic rings. The molecular formula is C16H14N4O4. The number of aromatic nitrogens is 3. The highest BCUT2D eigenvalue weighted by molar-refractivity contribution is 5.96. The van der Waals surface area contributed by atoms with Gasteiger partial charge >= 0.3 is 5.97 Å². The van der Waals surface area contributed by atoms with Crippen LogP contribution in [0.4, 0.5) is 11.6 Å². The van der Waals surface area contributed by atoms with E-state index in [1.54, 1.807) is 36.4 Å². The quantitative estimate of drug-likeness (QED) is 0.689. The summed E-state index contributed by atoms with van der Waals surface area (Å²) in [5.41, 5.74) is 0.617. The molecule has 0 unspecified atom stereocenters. The third kappa shape index (κ3) is 3.32. The number of methoxy groups -OCH3 is 1. The lowest BCUT2D eigenvalue weighted by Crippen LogP contribution is -2.19. The second kappa shape index (κ2) is 6.78. The summed E-state index contributed by atoms with van der Waals surface area (Å²) in [5, 5.41) is 10.7. The van der Waals surface area contributed by atoms with Crippen LogP contribution in [0.3, 0.4) is 0 Å². The first-order chi connectivity index (χ1) is 11.7. The Hall–Kier alpha value is -3.42. The number of ether oxygens (including phenoxy) is 1. The number of para-hydroxylation sites is 1. The first-order valence-electron chi connectivity index (χ1n) is 7.10. The molecule has 1 aromatic carbocycles. The van der Waals surface area contributed by atoms with Gasteiger partial charge in [0.05, 0.1) is 31.0 Å². The van der Waals surface area contributed by atoms with Gasteiger partial charge in [0.2, 0.25) is 5.95 Å². The molecule has 3 aromatic rings. The molecule has 0 atom stereocenters. The normalized spacial score (nSPS) is 10.4. The van der Waals surface area contributed by atoms with E-state index < -0.39 is 5.97 Å². The summed E-state index contributed by atoms with van der Waals surface area (Å²) in [5.74, 6) is 0.244. The third-order valence-corrected chi connectivity index (χ3v) is 3.27. The van der Waals surface area contributed by atoms with Crippen LogP contribution in [0.15, 0.2) is 51.9 Å². The Kier molecular flexibility index (Phi) is 4.37. The molecule has 0 fully saturated rings. The summed E-state index contributed by atoms with van der Waals surface area (Å²) in [4.78, 5) is 26.4. The van der Waals surface area contributed by atoms with Gasteiger partial charge in [0.15, 0.2) is 0 Å². The number of hydrogen-bond donors (Lipinski definition) is 2. The highest BCUT2D eigenvalue weighted by Gasteiger charge is 2.13. The van der Waals surface area contributed by atoms with E-state index in [2.05, 4.69) is 20.5 Å². The van der Waals surface area contributed by atoms with Crippen LogP contribution in [0, 0.1) is 0 Å². The zero-order chi connectivity index (χ0) is 16.9. The topological polar surface area (TPSA) is 110 Å². The minimum Gasteiger partial charge on any atom is -0.469 e. The van der Waals surface area contributed by atoms with Crippen LogP contribution in [-0.2, 0) is 11.2 Å². The molecule has 2 aromatic heterocycles. The Morgan fingerprint density at radius 3 is 2.79 bits per heavy atom. The number of nitrogens with zero attached hydrogens (tertiary/aromatic N) is 2. The Labute approximate surface area is 136 Å². The summed E-state index contributed by atoms with van der Waals surface area (Å²) in [6.07, 6.45) is 1.77. The molecule has 2 N–H and O–H groups in total. The number of hydrogen-bond acceptors (Lipinski definition) is 7. The Bertz CT molecular complexity index is 902. The molecule has 0 amide bonds. The first kappa shape index (κ1) is 15.5. The summed E-state index contributed by atoms with van der Waals surface area (Å²) in [6, 6.07) is 10.2. The second-order valence-electron chi connectivity index (χ2n) is 4.87. The van der Waals surface area contributed by atoms with Crippen molar-refractivity contribution in [2.75, 3.05) is 12.4 Å². The molecule has 8 heteroatoms. The van der Waals surface area contributed by atoms with E-state index >= 15 is 0 Å². The lowest BCUT2D eigenvalue weighted by molar-refractivity contribution is 0.0602. The average molecular weight is 326 g/mol. The molecule has 24 heavy (non-hydrogen) atoms. The van der Waals surface area contributed by atoms with Gasteiger partial charge in [-0.1, -0.05) is 12.1 Å². The number of rotatable bonds is 5. The average Bonchev–Trinajstić information content (AvgIpc) is 3.10. The summed E-state index contributed by atoms with van der Waals surface area (Å²) in [6.45, 7) is 0. The maximum absolute atomic E-state index is 12.1. The fourth-order valence-electron chi connectivity index (χ4n) is 2.12. The van der Waals surface area contributed by atoms with Crippen molar-refractivity contribution >= 4 is 17.6 Å². The van der Waals surface area contributed by atoms with E-state index in [1.807, 2.05) is 0 Å². The number of anilines is 2. The Balaban J connectivity index is 1.83. The monoisotopic (exact) mass is 326 g/mol. The van der Waals surface area contributed by atoms with Gasteiger partial charge in [0, 0.05) is 0 Å². The number of H-pyrrole nitrogens is 1. The molecular weight excluding hydrogens is 312 g/mol. The van der Waals surface area contributed by atoms with E-state index in [1.165, 1.54) is 13.4 Å².